The third-order valence-electron chi connectivity index (χ3n) is 2.91. The maximum Gasteiger partial charge on any atom is 0.318 e. The monoisotopic (exact) mass is 303 g/mol. The summed E-state index contributed by atoms with van der Waals surface area (Å²) in [6, 6.07) is 8.57. The number of nitrogens with one attached hydrogen (secondary N) is 3. The van der Waals surface area contributed by atoms with E-state index in [1.165, 1.54) is 0 Å². The van der Waals surface area contributed by atoms with Gasteiger partial charge in [-0.2, -0.15) is 0 Å². The lowest BCUT2D eigenvalue weighted by Gasteiger charge is -2.07. The molecule has 0 bridgehead atoms. The summed E-state index contributed by atoms with van der Waals surface area (Å²) < 4.78 is 0. The van der Waals surface area contributed by atoms with Crippen LogP contribution in [0.1, 0.15) is 20.1 Å². The number of anilines is 2. The number of hydrogen-bond donors (Lipinski definition) is 3. The molecule has 0 aliphatic rings. The molecule has 1 heterocycles. The lowest BCUT2D eigenvalue weighted by atomic mass is 10.2. The van der Waals surface area contributed by atoms with Gasteiger partial charge in [0.1, 0.15) is 0 Å². The van der Waals surface area contributed by atoms with Gasteiger partial charge in [-0.3, -0.25) is 4.79 Å². The molecule has 0 saturated carbocycles. The van der Waals surface area contributed by atoms with E-state index in [2.05, 4.69) is 16.0 Å². The molecule has 21 heavy (non-hydrogen) atoms. The van der Waals surface area contributed by atoms with Gasteiger partial charge in [0.05, 0.1) is 5.56 Å². The predicted molar refractivity (Wildman–Crippen MR) is 86.3 cm³/mol. The predicted octanol–water partition coefficient (Wildman–Crippen LogP) is 3.37. The summed E-state index contributed by atoms with van der Waals surface area (Å²) in [6.45, 7) is 3.91. The lowest BCUT2D eigenvalue weighted by molar-refractivity contribution is 0.102. The fourth-order valence-electron chi connectivity index (χ4n) is 1.89. The highest BCUT2D eigenvalue weighted by Crippen LogP contribution is 2.22. The van der Waals surface area contributed by atoms with Crippen LogP contribution in [-0.4, -0.2) is 19.0 Å². The summed E-state index contributed by atoms with van der Waals surface area (Å²) in [7, 11) is 1.55. The van der Waals surface area contributed by atoms with Gasteiger partial charge in [-0.15, -0.1) is 11.3 Å². The molecule has 0 aliphatic carbocycles. The van der Waals surface area contributed by atoms with E-state index in [1.807, 2.05) is 19.9 Å². The number of amides is 3. The molecular formula is C15H17N3O2S. The Hall–Kier alpha value is -2.34. The molecule has 0 aliphatic heterocycles. The van der Waals surface area contributed by atoms with Crippen molar-refractivity contribution in [1.82, 2.24) is 5.32 Å². The lowest BCUT2D eigenvalue weighted by Crippen LogP contribution is -2.24. The van der Waals surface area contributed by atoms with Gasteiger partial charge in [-0.25, -0.2) is 4.79 Å². The van der Waals surface area contributed by atoms with Gasteiger partial charge >= 0.3 is 6.03 Å². The van der Waals surface area contributed by atoms with Crippen molar-refractivity contribution in [2.75, 3.05) is 17.7 Å². The van der Waals surface area contributed by atoms with Crippen LogP contribution in [0.3, 0.4) is 0 Å². The van der Waals surface area contributed by atoms with Crippen LogP contribution in [-0.2, 0) is 0 Å². The van der Waals surface area contributed by atoms with Crippen molar-refractivity contribution in [1.29, 1.82) is 0 Å². The fraction of sp³-hybridized carbons (Fsp3) is 0.200. The Kier molecular flexibility index (Phi) is 4.59. The first-order valence-electron chi connectivity index (χ1n) is 6.47. The van der Waals surface area contributed by atoms with Crippen LogP contribution in [0.25, 0.3) is 0 Å². The maximum absolute atomic E-state index is 12.2. The Morgan fingerprint density at radius 1 is 1.00 bits per heavy atom. The van der Waals surface area contributed by atoms with Gasteiger partial charge in [0.25, 0.3) is 5.91 Å². The molecule has 0 radical (unpaired) electrons. The Bertz CT molecular complexity index is 662. The summed E-state index contributed by atoms with van der Waals surface area (Å²) >= 11 is 1.60. The Morgan fingerprint density at radius 2 is 1.57 bits per heavy atom. The molecular weight excluding hydrogens is 286 g/mol. The third-order valence-corrected chi connectivity index (χ3v) is 3.88. The number of carbonyl (C=O) groups is 2. The second-order valence-corrected chi connectivity index (χ2v) is 6.02. The summed E-state index contributed by atoms with van der Waals surface area (Å²) in [5.41, 5.74) is 2.05. The van der Waals surface area contributed by atoms with Crippen molar-refractivity contribution in [2.45, 2.75) is 13.8 Å². The summed E-state index contributed by atoms with van der Waals surface area (Å²) in [4.78, 5) is 25.5. The molecule has 3 N–H and O–H groups in total. The molecule has 0 saturated heterocycles. The minimum absolute atomic E-state index is 0.121. The van der Waals surface area contributed by atoms with Gasteiger partial charge in [-0.1, -0.05) is 0 Å². The molecule has 3 amide bonds. The van der Waals surface area contributed by atoms with Gasteiger partial charge in [0, 0.05) is 28.2 Å². The first-order chi connectivity index (χ1) is 9.99. The molecule has 6 heteroatoms. The van der Waals surface area contributed by atoms with E-state index >= 15 is 0 Å². The van der Waals surface area contributed by atoms with Crippen LogP contribution in [0.4, 0.5) is 16.2 Å². The number of thiophene rings is 1. The number of carbonyl (C=O) groups excluding carboxylic acids is 2. The Balaban J connectivity index is 2.05. The minimum atomic E-state index is -0.281. The van der Waals surface area contributed by atoms with Gasteiger partial charge in [0.2, 0.25) is 0 Å². The second kappa shape index (κ2) is 6.41. The Morgan fingerprint density at radius 3 is 2.05 bits per heavy atom. The number of urea groups is 1. The average Bonchev–Trinajstić information content (AvgIpc) is 2.80. The van der Waals surface area contributed by atoms with Crippen LogP contribution in [0.15, 0.2) is 30.3 Å². The second-order valence-electron chi connectivity index (χ2n) is 4.56. The molecule has 110 valence electrons. The zero-order valence-corrected chi connectivity index (χ0v) is 12.9. The molecule has 2 aromatic rings. The first-order valence-corrected chi connectivity index (χ1v) is 7.28. The summed E-state index contributed by atoms with van der Waals surface area (Å²) in [5.74, 6) is -0.121. The van der Waals surface area contributed by atoms with Crippen molar-refractivity contribution in [3.8, 4) is 0 Å². The van der Waals surface area contributed by atoms with E-state index in [0.29, 0.717) is 16.9 Å². The summed E-state index contributed by atoms with van der Waals surface area (Å²) in [5, 5.41) is 7.97. The van der Waals surface area contributed by atoms with E-state index in [4.69, 9.17) is 0 Å². The van der Waals surface area contributed by atoms with E-state index in [1.54, 1.807) is 42.6 Å². The van der Waals surface area contributed by atoms with Crippen molar-refractivity contribution in [3.63, 3.8) is 0 Å². The summed E-state index contributed by atoms with van der Waals surface area (Å²) in [6.07, 6.45) is 0. The Labute approximate surface area is 127 Å². The third kappa shape index (κ3) is 3.82. The van der Waals surface area contributed by atoms with Crippen LogP contribution in [0.5, 0.6) is 0 Å². The van der Waals surface area contributed by atoms with Gasteiger partial charge in [0.15, 0.2) is 0 Å². The van der Waals surface area contributed by atoms with Crippen molar-refractivity contribution in [3.05, 3.63) is 45.6 Å². The molecule has 0 unspecified atom stereocenters. The average molecular weight is 303 g/mol. The maximum atomic E-state index is 12.2. The van der Waals surface area contributed by atoms with Crippen LogP contribution in [0.2, 0.25) is 0 Å². The van der Waals surface area contributed by atoms with Crippen molar-refractivity contribution >= 4 is 34.6 Å². The van der Waals surface area contributed by atoms with Crippen LogP contribution >= 0.6 is 11.3 Å². The molecule has 5 nitrogen and oxygen atoms in total. The zero-order valence-electron chi connectivity index (χ0n) is 12.1. The largest absolute Gasteiger partial charge is 0.341 e. The normalized spacial score (nSPS) is 10.0. The number of benzene rings is 1. The number of hydrogen-bond acceptors (Lipinski definition) is 3. The molecule has 0 spiro atoms. The smallest absolute Gasteiger partial charge is 0.318 e. The van der Waals surface area contributed by atoms with E-state index in [0.717, 1.165) is 9.75 Å². The standard InChI is InChI=1S/C15H17N3O2S/c1-9-8-13(10(2)21-9)14(19)17-11-4-6-12(7-5-11)18-15(20)16-3/h4-8H,1-3H3,(H,17,19)(H2,16,18,20). The minimum Gasteiger partial charge on any atom is -0.341 e. The van der Waals surface area contributed by atoms with Crippen molar-refractivity contribution in [2.24, 2.45) is 0 Å². The zero-order chi connectivity index (χ0) is 15.4. The van der Waals surface area contributed by atoms with Crippen molar-refractivity contribution < 1.29 is 9.59 Å². The fourth-order valence-corrected chi connectivity index (χ4v) is 2.81. The molecule has 0 fully saturated rings. The molecule has 1 aromatic carbocycles. The van der Waals surface area contributed by atoms with Crippen LogP contribution < -0.4 is 16.0 Å². The molecule has 1 aromatic heterocycles. The van der Waals surface area contributed by atoms with E-state index in [9.17, 15) is 9.59 Å². The molecule has 0 atom stereocenters. The first kappa shape index (κ1) is 15.1. The SMILES string of the molecule is CNC(=O)Nc1ccc(NC(=O)c2cc(C)sc2C)cc1. The highest BCUT2D eigenvalue weighted by molar-refractivity contribution is 7.12. The van der Waals surface area contributed by atoms with E-state index in [-0.39, 0.29) is 11.9 Å². The highest BCUT2D eigenvalue weighted by Gasteiger charge is 2.12. The quantitative estimate of drug-likeness (QED) is 0.813. The number of rotatable bonds is 3. The highest BCUT2D eigenvalue weighted by atomic mass is 32.1. The molecule has 2 rings (SSSR count). The van der Waals surface area contributed by atoms with Crippen LogP contribution in [0, 0.1) is 13.8 Å². The topological polar surface area (TPSA) is 70.2 Å². The number of aryl methyl sites for hydroxylation is 2. The van der Waals surface area contributed by atoms with E-state index < -0.39 is 0 Å². The van der Waals surface area contributed by atoms with Gasteiger partial charge < -0.3 is 16.0 Å². The van der Waals surface area contributed by atoms with Gasteiger partial charge in [-0.05, 0) is 44.2 Å².